The van der Waals surface area contributed by atoms with Crippen molar-refractivity contribution in [2.24, 2.45) is 22.2 Å². The minimum absolute atomic E-state index is 0.00789. The van der Waals surface area contributed by atoms with Gasteiger partial charge in [-0.15, -0.1) is 0 Å². The number of rotatable bonds is 4. The lowest BCUT2D eigenvalue weighted by molar-refractivity contribution is -0.00699. The van der Waals surface area contributed by atoms with Gasteiger partial charge in [-0.25, -0.2) is 9.89 Å². The van der Waals surface area contributed by atoms with Gasteiger partial charge in [-0.2, -0.15) is 0 Å². The number of hydrogen-bond donors (Lipinski definition) is 3. The standard InChI is InChI=1S/C19H26N6/c1-13(15-9-5-3-6-10-15)24-17(20)23-18(21)25(19(24)22)14(2)16-11-7-4-8-12-16/h3-14,17,19H,20,22H2,1-2H3,(H2,21,23). The molecule has 0 saturated heterocycles. The highest BCUT2D eigenvalue weighted by molar-refractivity contribution is 5.79. The third-order valence-corrected chi connectivity index (χ3v) is 4.85. The molecule has 1 aliphatic rings. The maximum Gasteiger partial charge on any atom is 0.196 e. The Morgan fingerprint density at radius 1 is 0.840 bits per heavy atom. The fraction of sp³-hybridized carbons (Fsp3) is 0.316. The van der Waals surface area contributed by atoms with Crippen LogP contribution >= 0.6 is 0 Å². The van der Waals surface area contributed by atoms with Crippen molar-refractivity contribution in [3.63, 3.8) is 0 Å². The van der Waals surface area contributed by atoms with Crippen molar-refractivity contribution < 1.29 is 0 Å². The summed E-state index contributed by atoms with van der Waals surface area (Å²) in [6.45, 7) is 4.15. The second-order valence-electron chi connectivity index (χ2n) is 6.34. The van der Waals surface area contributed by atoms with E-state index in [2.05, 4.69) is 43.1 Å². The second-order valence-corrected chi connectivity index (χ2v) is 6.34. The van der Waals surface area contributed by atoms with Gasteiger partial charge in [0.1, 0.15) is 6.29 Å². The third-order valence-electron chi connectivity index (χ3n) is 4.85. The van der Waals surface area contributed by atoms with Crippen LogP contribution in [0.15, 0.2) is 65.7 Å². The number of hydrogen-bond acceptors (Lipinski definition) is 6. The first-order chi connectivity index (χ1) is 12.0. The van der Waals surface area contributed by atoms with Crippen LogP contribution in [0, 0.1) is 0 Å². The highest BCUT2D eigenvalue weighted by Gasteiger charge is 2.38. The van der Waals surface area contributed by atoms with Gasteiger partial charge in [-0.3, -0.25) is 11.5 Å². The molecule has 4 unspecified atom stereocenters. The molecule has 0 aliphatic carbocycles. The van der Waals surface area contributed by atoms with E-state index in [1.54, 1.807) is 0 Å². The fourth-order valence-corrected chi connectivity index (χ4v) is 3.39. The van der Waals surface area contributed by atoms with E-state index in [9.17, 15) is 0 Å². The number of aliphatic imine (C=N–C) groups is 1. The summed E-state index contributed by atoms with van der Waals surface area (Å²) in [6.07, 6.45) is -1.05. The van der Waals surface area contributed by atoms with Crippen LogP contribution in [0.25, 0.3) is 0 Å². The molecule has 0 radical (unpaired) electrons. The monoisotopic (exact) mass is 338 g/mol. The zero-order valence-corrected chi connectivity index (χ0v) is 14.7. The van der Waals surface area contributed by atoms with Crippen molar-refractivity contribution in [1.82, 2.24) is 9.80 Å². The lowest BCUT2D eigenvalue weighted by Crippen LogP contribution is -2.66. The Labute approximate surface area is 148 Å². The average molecular weight is 338 g/mol. The van der Waals surface area contributed by atoms with E-state index < -0.39 is 12.6 Å². The molecule has 6 N–H and O–H groups in total. The Balaban J connectivity index is 1.92. The zero-order chi connectivity index (χ0) is 18.0. The van der Waals surface area contributed by atoms with Gasteiger partial charge in [0.05, 0.1) is 6.04 Å². The summed E-state index contributed by atoms with van der Waals surface area (Å²) in [7, 11) is 0. The normalized spacial score (nSPS) is 23.8. The summed E-state index contributed by atoms with van der Waals surface area (Å²) in [5.74, 6) is 0.368. The summed E-state index contributed by atoms with van der Waals surface area (Å²) in [4.78, 5) is 8.33. The summed E-state index contributed by atoms with van der Waals surface area (Å²) < 4.78 is 0. The molecule has 4 atom stereocenters. The van der Waals surface area contributed by atoms with Crippen molar-refractivity contribution >= 4 is 5.96 Å². The van der Waals surface area contributed by atoms with E-state index in [4.69, 9.17) is 17.2 Å². The predicted octanol–water partition coefficient (Wildman–Crippen LogP) is 1.93. The smallest absolute Gasteiger partial charge is 0.196 e. The molecular formula is C19H26N6. The van der Waals surface area contributed by atoms with Crippen molar-refractivity contribution in [3.8, 4) is 0 Å². The molecule has 6 nitrogen and oxygen atoms in total. The first-order valence-corrected chi connectivity index (χ1v) is 8.51. The number of nitrogens with two attached hydrogens (primary N) is 3. The third kappa shape index (κ3) is 3.37. The van der Waals surface area contributed by atoms with Gasteiger partial charge >= 0.3 is 0 Å². The largest absolute Gasteiger partial charge is 0.370 e. The Kier molecular flexibility index (Phi) is 5.03. The molecule has 25 heavy (non-hydrogen) atoms. The maximum atomic E-state index is 6.59. The molecule has 0 amide bonds. The summed E-state index contributed by atoms with van der Waals surface area (Å²) in [5.41, 5.74) is 21.3. The molecule has 0 saturated carbocycles. The van der Waals surface area contributed by atoms with E-state index in [1.165, 1.54) is 0 Å². The van der Waals surface area contributed by atoms with E-state index in [-0.39, 0.29) is 12.1 Å². The lowest BCUT2D eigenvalue weighted by atomic mass is 10.0. The molecule has 3 rings (SSSR count). The minimum Gasteiger partial charge on any atom is -0.370 e. The van der Waals surface area contributed by atoms with Gasteiger partial charge in [0, 0.05) is 6.04 Å². The van der Waals surface area contributed by atoms with Crippen LogP contribution < -0.4 is 17.2 Å². The lowest BCUT2D eigenvalue weighted by Gasteiger charge is -2.48. The number of nitrogens with zero attached hydrogens (tertiary/aromatic N) is 3. The first kappa shape index (κ1) is 17.4. The Hall–Kier alpha value is -2.41. The van der Waals surface area contributed by atoms with E-state index in [0.717, 1.165) is 11.1 Å². The number of benzene rings is 2. The van der Waals surface area contributed by atoms with Crippen LogP contribution in [0.4, 0.5) is 0 Å². The molecular weight excluding hydrogens is 312 g/mol. The first-order valence-electron chi connectivity index (χ1n) is 8.51. The summed E-state index contributed by atoms with van der Waals surface area (Å²) in [5, 5.41) is 0. The van der Waals surface area contributed by atoms with Crippen LogP contribution in [-0.4, -0.2) is 28.3 Å². The van der Waals surface area contributed by atoms with Gasteiger partial charge < -0.3 is 10.6 Å². The molecule has 1 aliphatic heterocycles. The van der Waals surface area contributed by atoms with Gasteiger partial charge in [-0.1, -0.05) is 60.7 Å². The predicted molar refractivity (Wildman–Crippen MR) is 101 cm³/mol. The van der Waals surface area contributed by atoms with E-state index in [1.807, 2.05) is 46.2 Å². The molecule has 6 heteroatoms. The molecule has 0 bridgehead atoms. The summed E-state index contributed by atoms with van der Waals surface area (Å²) in [6, 6.07) is 20.3. The molecule has 1 heterocycles. The second kappa shape index (κ2) is 7.23. The Morgan fingerprint density at radius 3 is 1.84 bits per heavy atom. The van der Waals surface area contributed by atoms with Gasteiger partial charge in [0.2, 0.25) is 0 Å². The van der Waals surface area contributed by atoms with E-state index in [0.29, 0.717) is 5.96 Å². The van der Waals surface area contributed by atoms with Crippen LogP contribution in [0.5, 0.6) is 0 Å². The molecule has 132 valence electrons. The summed E-state index contributed by atoms with van der Waals surface area (Å²) >= 11 is 0. The highest BCUT2D eigenvalue weighted by Crippen LogP contribution is 2.30. The van der Waals surface area contributed by atoms with Crippen LogP contribution in [0.1, 0.15) is 37.1 Å². The van der Waals surface area contributed by atoms with Gasteiger partial charge in [0.15, 0.2) is 12.2 Å². The fourth-order valence-electron chi connectivity index (χ4n) is 3.39. The van der Waals surface area contributed by atoms with Gasteiger partial charge in [0.25, 0.3) is 0 Å². The van der Waals surface area contributed by atoms with Crippen molar-refractivity contribution in [1.29, 1.82) is 0 Å². The maximum absolute atomic E-state index is 6.59. The topological polar surface area (TPSA) is 96.9 Å². The van der Waals surface area contributed by atoms with Crippen molar-refractivity contribution in [2.45, 2.75) is 38.5 Å². The highest BCUT2D eigenvalue weighted by atomic mass is 15.6. The average Bonchev–Trinajstić information content (AvgIpc) is 2.62. The molecule has 0 spiro atoms. The molecule has 0 fully saturated rings. The van der Waals surface area contributed by atoms with Crippen LogP contribution in [-0.2, 0) is 0 Å². The van der Waals surface area contributed by atoms with Crippen molar-refractivity contribution in [3.05, 3.63) is 71.8 Å². The Morgan fingerprint density at radius 2 is 1.32 bits per heavy atom. The zero-order valence-electron chi connectivity index (χ0n) is 14.7. The molecule has 0 aromatic heterocycles. The quantitative estimate of drug-likeness (QED) is 0.791. The van der Waals surface area contributed by atoms with Crippen LogP contribution in [0.3, 0.4) is 0 Å². The van der Waals surface area contributed by atoms with Crippen molar-refractivity contribution in [2.75, 3.05) is 0 Å². The minimum atomic E-state index is -0.579. The molecule has 2 aromatic carbocycles. The van der Waals surface area contributed by atoms with E-state index >= 15 is 0 Å². The molecule has 2 aromatic rings. The van der Waals surface area contributed by atoms with Crippen LogP contribution in [0.2, 0.25) is 0 Å². The number of guanidine groups is 1. The SMILES string of the molecule is CC(c1ccccc1)N1C(N)=NC(N)N(C(C)c2ccccc2)C1N. The Bertz CT molecular complexity index is 717. The van der Waals surface area contributed by atoms with Gasteiger partial charge in [-0.05, 0) is 25.0 Å².